The number of carbonyl (C=O) groups excluding carboxylic acids is 1. The minimum absolute atomic E-state index is 0.306. The third-order valence-electron chi connectivity index (χ3n) is 4.09. The normalized spacial score (nSPS) is 21.8. The van der Waals surface area contributed by atoms with Crippen LogP contribution in [0.15, 0.2) is 24.3 Å². The highest BCUT2D eigenvalue weighted by molar-refractivity contribution is 5.89. The van der Waals surface area contributed by atoms with Gasteiger partial charge in [-0.2, -0.15) is 0 Å². The van der Waals surface area contributed by atoms with Gasteiger partial charge in [-0.05, 0) is 36.5 Å². The fourth-order valence-corrected chi connectivity index (χ4v) is 2.89. The molecule has 4 heteroatoms. The van der Waals surface area contributed by atoms with E-state index in [0.717, 1.165) is 25.2 Å². The van der Waals surface area contributed by atoms with E-state index in [-0.39, 0.29) is 5.97 Å². The van der Waals surface area contributed by atoms with Crippen molar-refractivity contribution in [3.05, 3.63) is 35.4 Å². The molecule has 4 nitrogen and oxygen atoms in total. The number of methoxy groups -OCH3 is 1. The number of benzene rings is 1. The number of hydrogen-bond donors (Lipinski definition) is 1. The number of likely N-dealkylation sites (tertiary alicyclic amines) is 1. The summed E-state index contributed by atoms with van der Waals surface area (Å²) in [5.41, 5.74) is 1.22. The van der Waals surface area contributed by atoms with Crippen molar-refractivity contribution in [1.82, 2.24) is 4.90 Å². The number of aliphatic hydroxyl groups is 1. The summed E-state index contributed by atoms with van der Waals surface area (Å²) in [6.45, 7) is 2.28. The fourth-order valence-electron chi connectivity index (χ4n) is 2.89. The molecule has 1 saturated heterocycles. The summed E-state index contributed by atoms with van der Waals surface area (Å²) in [7, 11) is 1.39. The van der Waals surface area contributed by atoms with Crippen LogP contribution in [0, 0.1) is 5.92 Å². The maximum Gasteiger partial charge on any atom is 0.337 e. The maximum atomic E-state index is 11.5. The minimum atomic E-state index is -0.444. The van der Waals surface area contributed by atoms with E-state index in [1.807, 2.05) is 18.2 Å². The van der Waals surface area contributed by atoms with Crippen LogP contribution in [0.5, 0.6) is 0 Å². The quantitative estimate of drug-likeness (QED) is 0.833. The summed E-state index contributed by atoms with van der Waals surface area (Å²) in [5.74, 6) is 0.213. The Kier molecular flexibility index (Phi) is 3.07. The molecule has 1 saturated carbocycles. The molecule has 3 rings (SSSR count). The van der Waals surface area contributed by atoms with Crippen LogP contribution >= 0.6 is 0 Å². The van der Waals surface area contributed by atoms with Crippen molar-refractivity contribution in [3.8, 4) is 0 Å². The molecule has 0 bridgehead atoms. The van der Waals surface area contributed by atoms with Crippen molar-refractivity contribution in [1.29, 1.82) is 0 Å². The summed E-state index contributed by atoms with van der Waals surface area (Å²) in [6.07, 6.45) is 2.34. The number of ether oxygens (including phenoxy) is 1. The van der Waals surface area contributed by atoms with Crippen molar-refractivity contribution in [2.45, 2.75) is 25.0 Å². The van der Waals surface area contributed by atoms with Gasteiger partial charge in [-0.15, -0.1) is 0 Å². The number of β-amino-alcohol motifs (C(OH)–C–C–N with tert-alkyl or cyclic N) is 1. The standard InChI is InChI=1S/C15H19NO3/c1-19-14(17)12-4-2-3-11(7-12)8-16-9-15(18,10-16)13-5-6-13/h2-4,7,13,18H,5-6,8-10H2,1H3. The van der Waals surface area contributed by atoms with Gasteiger partial charge in [0.05, 0.1) is 18.3 Å². The SMILES string of the molecule is COC(=O)c1cccc(CN2CC(O)(C3CC3)C2)c1. The number of carbonyl (C=O) groups is 1. The number of rotatable bonds is 4. The Morgan fingerprint density at radius 1 is 1.47 bits per heavy atom. The average molecular weight is 261 g/mol. The van der Waals surface area contributed by atoms with Crippen molar-refractivity contribution in [2.24, 2.45) is 5.92 Å². The second-order valence-corrected chi connectivity index (χ2v) is 5.71. The second kappa shape index (κ2) is 4.62. The third kappa shape index (κ3) is 2.51. The highest BCUT2D eigenvalue weighted by Gasteiger charge is 2.51. The van der Waals surface area contributed by atoms with Crippen LogP contribution in [-0.2, 0) is 11.3 Å². The molecule has 2 aliphatic rings. The van der Waals surface area contributed by atoms with Gasteiger partial charge in [-0.3, -0.25) is 4.90 Å². The molecule has 1 N–H and O–H groups in total. The predicted octanol–water partition coefficient (Wildman–Crippen LogP) is 1.43. The van der Waals surface area contributed by atoms with E-state index in [4.69, 9.17) is 4.74 Å². The van der Waals surface area contributed by atoms with Gasteiger partial charge < -0.3 is 9.84 Å². The Morgan fingerprint density at radius 3 is 2.84 bits per heavy atom. The highest BCUT2D eigenvalue weighted by Crippen LogP contribution is 2.44. The lowest BCUT2D eigenvalue weighted by molar-refractivity contribution is -0.116. The molecular weight excluding hydrogens is 242 g/mol. The lowest BCUT2D eigenvalue weighted by atomic mass is 9.88. The van der Waals surface area contributed by atoms with Crippen LogP contribution in [0.3, 0.4) is 0 Å². The third-order valence-corrected chi connectivity index (χ3v) is 4.09. The largest absolute Gasteiger partial charge is 0.465 e. The molecule has 1 aromatic rings. The van der Waals surface area contributed by atoms with Crippen LogP contribution in [0.4, 0.5) is 0 Å². The molecule has 1 heterocycles. The second-order valence-electron chi connectivity index (χ2n) is 5.71. The molecule has 0 radical (unpaired) electrons. The molecule has 1 aliphatic heterocycles. The van der Waals surface area contributed by atoms with Crippen molar-refractivity contribution >= 4 is 5.97 Å². The first-order valence-corrected chi connectivity index (χ1v) is 6.73. The van der Waals surface area contributed by atoms with Crippen molar-refractivity contribution < 1.29 is 14.6 Å². The Morgan fingerprint density at radius 2 is 2.21 bits per heavy atom. The fraction of sp³-hybridized carbons (Fsp3) is 0.533. The monoisotopic (exact) mass is 261 g/mol. The van der Waals surface area contributed by atoms with Crippen LogP contribution in [0.1, 0.15) is 28.8 Å². The first-order chi connectivity index (χ1) is 9.10. The summed E-state index contributed by atoms with van der Waals surface area (Å²) >= 11 is 0. The van der Waals surface area contributed by atoms with E-state index >= 15 is 0 Å². The molecule has 102 valence electrons. The molecular formula is C15H19NO3. The topological polar surface area (TPSA) is 49.8 Å². The Balaban J connectivity index is 1.60. The molecule has 2 fully saturated rings. The average Bonchev–Trinajstić information content (AvgIpc) is 3.20. The summed E-state index contributed by atoms with van der Waals surface area (Å²) in [6, 6.07) is 7.49. The molecule has 0 spiro atoms. The van der Waals surface area contributed by atoms with Crippen LogP contribution < -0.4 is 0 Å². The van der Waals surface area contributed by atoms with E-state index in [1.54, 1.807) is 6.07 Å². The Bertz CT molecular complexity index is 490. The molecule has 0 atom stereocenters. The van der Waals surface area contributed by atoms with E-state index in [2.05, 4.69) is 4.90 Å². The van der Waals surface area contributed by atoms with Gasteiger partial charge in [-0.25, -0.2) is 4.79 Å². The summed E-state index contributed by atoms with van der Waals surface area (Å²) in [4.78, 5) is 13.7. The van der Waals surface area contributed by atoms with Gasteiger partial charge in [0.2, 0.25) is 0 Å². The zero-order valence-electron chi connectivity index (χ0n) is 11.1. The van der Waals surface area contributed by atoms with E-state index in [1.165, 1.54) is 20.0 Å². The highest BCUT2D eigenvalue weighted by atomic mass is 16.5. The van der Waals surface area contributed by atoms with Gasteiger partial charge in [0.15, 0.2) is 0 Å². The lowest BCUT2D eigenvalue weighted by Crippen LogP contribution is -2.62. The summed E-state index contributed by atoms with van der Waals surface area (Å²) in [5, 5.41) is 10.3. The maximum absolute atomic E-state index is 11.5. The van der Waals surface area contributed by atoms with E-state index in [0.29, 0.717) is 11.5 Å². The first kappa shape index (κ1) is 12.6. The molecule has 0 amide bonds. The first-order valence-electron chi connectivity index (χ1n) is 6.73. The number of esters is 1. The van der Waals surface area contributed by atoms with Crippen LogP contribution in [0.25, 0.3) is 0 Å². The van der Waals surface area contributed by atoms with Crippen LogP contribution in [-0.4, -0.2) is 41.8 Å². The molecule has 1 aliphatic carbocycles. The Hall–Kier alpha value is -1.39. The number of hydrogen-bond acceptors (Lipinski definition) is 4. The molecule has 0 unspecified atom stereocenters. The van der Waals surface area contributed by atoms with Gasteiger partial charge >= 0.3 is 5.97 Å². The van der Waals surface area contributed by atoms with Gasteiger partial charge in [-0.1, -0.05) is 12.1 Å². The molecule has 0 aromatic heterocycles. The van der Waals surface area contributed by atoms with E-state index < -0.39 is 5.60 Å². The Labute approximate surface area is 113 Å². The summed E-state index contributed by atoms with van der Waals surface area (Å²) < 4.78 is 4.72. The van der Waals surface area contributed by atoms with Crippen LogP contribution in [0.2, 0.25) is 0 Å². The zero-order valence-corrected chi connectivity index (χ0v) is 11.1. The lowest BCUT2D eigenvalue weighted by Gasteiger charge is -2.47. The van der Waals surface area contributed by atoms with Gasteiger partial charge in [0.25, 0.3) is 0 Å². The van der Waals surface area contributed by atoms with E-state index in [9.17, 15) is 9.90 Å². The predicted molar refractivity (Wildman–Crippen MR) is 70.7 cm³/mol. The van der Waals surface area contributed by atoms with Gasteiger partial charge in [0.1, 0.15) is 0 Å². The van der Waals surface area contributed by atoms with Gasteiger partial charge in [0, 0.05) is 19.6 Å². The number of nitrogens with zero attached hydrogens (tertiary/aromatic N) is 1. The smallest absolute Gasteiger partial charge is 0.337 e. The molecule has 19 heavy (non-hydrogen) atoms. The minimum Gasteiger partial charge on any atom is -0.465 e. The molecule has 1 aromatic carbocycles. The zero-order chi connectivity index (χ0) is 13.5. The van der Waals surface area contributed by atoms with Crippen molar-refractivity contribution in [3.63, 3.8) is 0 Å². The van der Waals surface area contributed by atoms with Crippen molar-refractivity contribution in [2.75, 3.05) is 20.2 Å².